The zero-order chi connectivity index (χ0) is 12.3. The van der Waals surface area contributed by atoms with Crippen molar-refractivity contribution >= 4 is 0 Å². The predicted octanol–water partition coefficient (Wildman–Crippen LogP) is 3.14. The number of benzene rings is 1. The minimum absolute atomic E-state index is 0.0144. The Morgan fingerprint density at radius 3 is 2.31 bits per heavy atom. The monoisotopic (exact) mass is 221 g/mol. The summed E-state index contributed by atoms with van der Waals surface area (Å²) in [7, 11) is 0. The Balaban J connectivity index is 2.84. The molecule has 2 heteroatoms. The molecule has 0 bridgehead atoms. The largest absolute Gasteiger partial charge is 0.488 e. The van der Waals surface area contributed by atoms with Crippen LogP contribution in [0.25, 0.3) is 0 Å². The van der Waals surface area contributed by atoms with Crippen LogP contribution in [0.5, 0.6) is 5.75 Å². The van der Waals surface area contributed by atoms with Crippen molar-refractivity contribution in [1.29, 1.82) is 0 Å². The minimum Gasteiger partial charge on any atom is -0.488 e. The number of hydrogen-bond acceptors (Lipinski definition) is 2. The van der Waals surface area contributed by atoms with Gasteiger partial charge in [-0.1, -0.05) is 32.9 Å². The first kappa shape index (κ1) is 13.0. The normalized spacial score (nSPS) is 15.6. The summed E-state index contributed by atoms with van der Waals surface area (Å²) in [4.78, 5) is 0. The van der Waals surface area contributed by atoms with E-state index in [1.165, 1.54) is 5.56 Å². The molecular formula is C14H23NO. The Hall–Kier alpha value is -1.02. The van der Waals surface area contributed by atoms with Crippen molar-refractivity contribution in [2.45, 2.75) is 46.8 Å². The molecule has 1 aromatic carbocycles. The maximum Gasteiger partial charge on any atom is 0.120 e. The number of aryl methyl sites for hydroxylation is 1. The van der Waals surface area contributed by atoms with Crippen LogP contribution < -0.4 is 10.5 Å². The molecule has 0 saturated carbocycles. The van der Waals surface area contributed by atoms with Gasteiger partial charge in [0.25, 0.3) is 0 Å². The fraction of sp³-hybridized carbons (Fsp3) is 0.571. The van der Waals surface area contributed by atoms with Crippen LogP contribution in [0.4, 0.5) is 0 Å². The molecule has 0 heterocycles. The lowest BCUT2D eigenvalue weighted by atomic mass is 9.85. The molecule has 2 nitrogen and oxygen atoms in total. The zero-order valence-corrected chi connectivity index (χ0v) is 10.9. The van der Waals surface area contributed by atoms with E-state index >= 15 is 0 Å². The van der Waals surface area contributed by atoms with E-state index in [9.17, 15) is 0 Å². The maximum atomic E-state index is 6.00. The SMILES string of the molecule is Cc1cccc(OC(C(C)N)C(C)(C)C)c1. The highest BCUT2D eigenvalue weighted by atomic mass is 16.5. The third kappa shape index (κ3) is 3.53. The number of nitrogens with two attached hydrogens (primary N) is 1. The van der Waals surface area contributed by atoms with Crippen LogP contribution in [0, 0.1) is 12.3 Å². The van der Waals surface area contributed by atoms with Gasteiger partial charge in [-0.25, -0.2) is 0 Å². The fourth-order valence-electron chi connectivity index (χ4n) is 1.91. The van der Waals surface area contributed by atoms with Gasteiger partial charge in [-0.3, -0.25) is 0 Å². The Morgan fingerprint density at radius 2 is 1.88 bits per heavy atom. The second kappa shape index (κ2) is 4.88. The van der Waals surface area contributed by atoms with Gasteiger partial charge in [-0.05, 0) is 31.5 Å². The maximum absolute atomic E-state index is 6.00. The number of ether oxygens (including phenoxy) is 1. The molecule has 0 saturated heterocycles. The van der Waals surface area contributed by atoms with Gasteiger partial charge in [0.1, 0.15) is 11.9 Å². The van der Waals surface area contributed by atoms with Gasteiger partial charge < -0.3 is 10.5 Å². The summed E-state index contributed by atoms with van der Waals surface area (Å²) >= 11 is 0. The van der Waals surface area contributed by atoms with Crippen molar-refractivity contribution in [2.24, 2.45) is 11.1 Å². The van der Waals surface area contributed by atoms with Crippen molar-refractivity contribution < 1.29 is 4.74 Å². The van der Waals surface area contributed by atoms with E-state index in [-0.39, 0.29) is 17.6 Å². The van der Waals surface area contributed by atoms with Gasteiger partial charge in [0.15, 0.2) is 0 Å². The van der Waals surface area contributed by atoms with Crippen LogP contribution in [0.2, 0.25) is 0 Å². The van der Waals surface area contributed by atoms with Crippen LogP contribution in [0.15, 0.2) is 24.3 Å². The third-order valence-electron chi connectivity index (χ3n) is 2.58. The Labute approximate surface area is 98.8 Å². The molecule has 1 rings (SSSR count). The van der Waals surface area contributed by atoms with Gasteiger partial charge >= 0.3 is 0 Å². The Bertz CT molecular complexity index is 339. The first-order valence-electron chi connectivity index (χ1n) is 5.79. The summed E-state index contributed by atoms with van der Waals surface area (Å²) in [6.07, 6.45) is 0.0225. The molecule has 16 heavy (non-hydrogen) atoms. The third-order valence-corrected chi connectivity index (χ3v) is 2.58. The highest BCUT2D eigenvalue weighted by Crippen LogP contribution is 2.26. The van der Waals surface area contributed by atoms with E-state index in [4.69, 9.17) is 10.5 Å². The topological polar surface area (TPSA) is 35.2 Å². The van der Waals surface area contributed by atoms with E-state index in [1.807, 2.05) is 25.1 Å². The predicted molar refractivity (Wildman–Crippen MR) is 68.7 cm³/mol. The molecule has 0 amide bonds. The van der Waals surface area contributed by atoms with Crippen LogP contribution in [-0.4, -0.2) is 12.1 Å². The van der Waals surface area contributed by atoms with Gasteiger partial charge in [0.05, 0.1) is 0 Å². The molecule has 0 aliphatic carbocycles. The molecule has 1 aromatic rings. The quantitative estimate of drug-likeness (QED) is 0.851. The van der Waals surface area contributed by atoms with Crippen LogP contribution >= 0.6 is 0 Å². The minimum atomic E-state index is 0.0144. The molecule has 0 aliphatic rings. The fourth-order valence-corrected chi connectivity index (χ4v) is 1.91. The average Bonchev–Trinajstić information content (AvgIpc) is 2.12. The second-order valence-corrected chi connectivity index (χ2v) is 5.58. The lowest BCUT2D eigenvalue weighted by Crippen LogP contribution is -2.45. The standard InChI is InChI=1S/C14H23NO/c1-10-7-6-8-12(9-10)16-13(11(2)15)14(3,4)5/h6-9,11,13H,15H2,1-5H3. The van der Waals surface area contributed by atoms with E-state index in [2.05, 4.69) is 33.8 Å². The Kier molecular flexibility index (Phi) is 3.98. The van der Waals surface area contributed by atoms with E-state index < -0.39 is 0 Å². The molecule has 90 valence electrons. The summed E-state index contributed by atoms with van der Waals surface area (Å²) in [5, 5.41) is 0. The van der Waals surface area contributed by atoms with Crippen LogP contribution in [0.3, 0.4) is 0 Å². The number of rotatable bonds is 3. The Morgan fingerprint density at radius 1 is 1.25 bits per heavy atom. The van der Waals surface area contributed by atoms with E-state index in [0.717, 1.165) is 5.75 Å². The van der Waals surface area contributed by atoms with Crippen molar-refractivity contribution in [2.75, 3.05) is 0 Å². The summed E-state index contributed by atoms with van der Waals surface area (Å²) in [6.45, 7) is 10.5. The van der Waals surface area contributed by atoms with Crippen LogP contribution in [-0.2, 0) is 0 Å². The second-order valence-electron chi connectivity index (χ2n) is 5.58. The van der Waals surface area contributed by atoms with Crippen molar-refractivity contribution in [3.8, 4) is 5.75 Å². The van der Waals surface area contributed by atoms with Gasteiger partial charge in [-0.15, -0.1) is 0 Å². The summed E-state index contributed by atoms with van der Waals surface area (Å²) in [5.74, 6) is 0.900. The highest BCUT2D eigenvalue weighted by molar-refractivity contribution is 5.27. The van der Waals surface area contributed by atoms with Gasteiger partial charge in [0, 0.05) is 11.5 Å². The lowest BCUT2D eigenvalue weighted by molar-refractivity contribution is 0.0684. The molecule has 2 N–H and O–H groups in total. The average molecular weight is 221 g/mol. The van der Waals surface area contributed by atoms with Gasteiger partial charge in [-0.2, -0.15) is 0 Å². The number of hydrogen-bond donors (Lipinski definition) is 1. The zero-order valence-electron chi connectivity index (χ0n) is 10.9. The lowest BCUT2D eigenvalue weighted by Gasteiger charge is -2.34. The molecule has 2 unspecified atom stereocenters. The molecule has 0 radical (unpaired) electrons. The van der Waals surface area contributed by atoms with Gasteiger partial charge in [0.2, 0.25) is 0 Å². The van der Waals surface area contributed by atoms with Crippen molar-refractivity contribution in [1.82, 2.24) is 0 Å². The van der Waals surface area contributed by atoms with Crippen LogP contribution in [0.1, 0.15) is 33.3 Å². The molecule has 0 spiro atoms. The summed E-state index contributed by atoms with van der Waals surface area (Å²) in [6, 6.07) is 8.10. The highest BCUT2D eigenvalue weighted by Gasteiger charge is 2.29. The van der Waals surface area contributed by atoms with E-state index in [1.54, 1.807) is 0 Å². The van der Waals surface area contributed by atoms with Crippen molar-refractivity contribution in [3.05, 3.63) is 29.8 Å². The molecule has 0 fully saturated rings. The summed E-state index contributed by atoms with van der Waals surface area (Å²) in [5.41, 5.74) is 7.23. The molecule has 2 atom stereocenters. The first-order valence-corrected chi connectivity index (χ1v) is 5.79. The van der Waals surface area contributed by atoms with E-state index in [0.29, 0.717) is 0 Å². The molecule has 0 aromatic heterocycles. The smallest absolute Gasteiger partial charge is 0.120 e. The van der Waals surface area contributed by atoms with Crippen molar-refractivity contribution in [3.63, 3.8) is 0 Å². The first-order chi connectivity index (χ1) is 7.30. The molecule has 0 aliphatic heterocycles. The summed E-state index contributed by atoms with van der Waals surface area (Å²) < 4.78 is 6.00. The molecular weight excluding hydrogens is 198 g/mol.